The van der Waals surface area contributed by atoms with E-state index in [2.05, 4.69) is 36.9 Å². The van der Waals surface area contributed by atoms with Gasteiger partial charge in [0.25, 0.3) is 0 Å². The summed E-state index contributed by atoms with van der Waals surface area (Å²) in [6.07, 6.45) is 6.50. The number of rotatable bonds is 3. The Morgan fingerprint density at radius 2 is 1.97 bits per heavy atom. The van der Waals surface area contributed by atoms with Crippen molar-refractivity contribution in [3.05, 3.63) is 64.1 Å². The summed E-state index contributed by atoms with van der Waals surface area (Å²) in [5.74, 6) is 2.16. The molecular weight excluding hydrogens is 455 g/mol. The van der Waals surface area contributed by atoms with E-state index in [4.69, 9.17) is 21.4 Å². The molecule has 1 aromatic carbocycles. The van der Waals surface area contributed by atoms with Crippen molar-refractivity contribution >= 4 is 11.6 Å². The van der Waals surface area contributed by atoms with Gasteiger partial charge in [-0.3, -0.25) is 14.4 Å². The van der Waals surface area contributed by atoms with Crippen LogP contribution in [0.15, 0.2) is 41.9 Å². The molecule has 2 saturated heterocycles. The average Bonchev–Trinajstić information content (AvgIpc) is 3.49. The first-order valence-electron chi connectivity index (χ1n) is 12.2. The first-order valence-corrected chi connectivity index (χ1v) is 12.5. The number of halogens is 2. The first kappa shape index (κ1) is 22.2. The standard InChI is InChI=1S/C25H30ClFN6O/c1-16-10-23(28-12-21(16)27)31-7-4-17(5-8-31)25-30-29-24-14-32(20-6-9-34-15-20)13-18-11-19(26)2-3-22(18)33(24)25/h2-3,10-12,17,20,23,28H,4-9,13-15H2,1H3/t20-,23?/m1/s1. The molecule has 5 heterocycles. The Hall–Kier alpha value is -2.26. The second-order valence-electron chi connectivity index (χ2n) is 9.77. The zero-order valence-corrected chi connectivity index (χ0v) is 20.1. The maximum Gasteiger partial charge on any atom is 0.151 e. The highest BCUT2D eigenvalue weighted by molar-refractivity contribution is 6.30. The lowest BCUT2D eigenvalue weighted by atomic mass is 9.95. The number of fused-ring (bicyclic) bond motifs is 3. The van der Waals surface area contributed by atoms with Gasteiger partial charge in [0.15, 0.2) is 5.82 Å². The van der Waals surface area contributed by atoms with E-state index >= 15 is 0 Å². The maximum absolute atomic E-state index is 13.7. The number of ether oxygens (including phenoxy) is 1. The van der Waals surface area contributed by atoms with Crippen molar-refractivity contribution in [1.29, 1.82) is 0 Å². The Kier molecular flexibility index (Phi) is 5.93. The summed E-state index contributed by atoms with van der Waals surface area (Å²) >= 11 is 6.41. The predicted molar refractivity (Wildman–Crippen MR) is 128 cm³/mol. The van der Waals surface area contributed by atoms with Crippen LogP contribution in [0, 0.1) is 0 Å². The van der Waals surface area contributed by atoms with Crippen molar-refractivity contribution in [2.45, 2.75) is 57.4 Å². The number of hydrogen-bond acceptors (Lipinski definition) is 6. The Labute approximate surface area is 204 Å². The third kappa shape index (κ3) is 4.06. The van der Waals surface area contributed by atoms with Gasteiger partial charge in [-0.15, -0.1) is 10.2 Å². The molecule has 4 aliphatic heterocycles. The van der Waals surface area contributed by atoms with E-state index in [1.165, 1.54) is 11.8 Å². The summed E-state index contributed by atoms with van der Waals surface area (Å²) in [6, 6.07) is 6.54. The molecule has 9 heteroatoms. The van der Waals surface area contributed by atoms with Crippen molar-refractivity contribution in [3.63, 3.8) is 0 Å². The van der Waals surface area contributed by atoms with Crippen molar-refractivity contribution in [3.8, 4) is 5.69 Å². The monoisotopic (exact) mass is 484 g/mol. The largest absolute Gasteiger partial charge is 0.380 e. The Bertz CT molecular complexity index is 1130. The Morgan fingerprint density at radius 1 is 1.12 bits per heavy atom. The lowest BCUT2D eigenvalue weighted by Crippen LogP contribution is -2.47. The highest BCUT2D eigenvalue weighted by atomic mass is 35.5. The van der Waals surface area contributed by atoms with Crippen LogP contribution >= 0.6 is 11.6 Å². The van der Waals surface area contributed by atoms with E-state index in [9.17, 15) is 4.39 Å². The molecule has 180 valence electrons. The molecule has 34 heavy (non-hydrogen) atoms. The molecule has 2 atom stereocenters. The summed E-state index contributed by atoms with van der Waals surface area (Å²) in [7, 11) is 0. The third-order valence-corrected chi connectivity index (χ3v) is 7.87. The Morgan fingerprint density at radius 3 is 2.74 bits per heavy atom. The van der Waals surface area contributed by atoms with Gasteiger partial charge in [-0.1, -0.05) is 11.6 Å². The number of dihydropyridines is 1. The van der Waals surface area contributed by atoms with Gasteiger partial charge >= 0.3 is 0 Å². The maximum atomic E-state index is 13.7. The van der Waals surface area contributed by atoms with Gasteiger partial charge in [0, 0.05) is 49.4 Å². The Balaban J connectivity index is 1.26. The minimum atomic E-state index is -0.186. The first-order chi connectivity index (χ1) is 16.6. The van der Waals surface area contributed by atoms with Crippen LogP contribution in [0.2, 0.25) is 5.02 Å². The summed E-state index contributed by atoms with van der Waals surface area (Å²) < 4.78 is 21.7. The number of piperidine rings is 1. The van der Waals surface area contributed by atoms with Crippen molar-refractivity contribution in [1.82, 2.24) is 29.9 Å². The lowest BCUT2D eigenvalue weighted by Gasteiger charge is -2.37. The molecule has 0 aliphatic carbocycles. The van der Waals surface area contributed by atoms with Crippen LogP contribution in [0.25, 0.3) is 5.69 Å². The highest BCUT2D eigenvalue weighted by Gasteiger charge is 2.34. The predicted octanol–water partition coefficient (Wildman–Crippen LogP) is 3.89. The molecule has 0 spiro atoms. The van der Waals surface area contributed by atoms with Crippen LogP contribution in [-0.2, 0) is 17.8 Å². The summed E-state index contributed by atoms with van der Waals surface area (Å²) in [4.78, 5) is 4.83. The molecular formula is C25H30ClFN6O. The molecule has 0 amide bonds. The quantitative estimate of drug-likeness (QED) is 0.713. The van der Waals surface area contributed by atoms with Crippen molar-refractivity contribution < 1.29 is 9.13 Å². The topological polar surface area (TPSA) is 58.5 Å². The second kappa shape index (κ2) is 9.07. The molecule has 2 aromatic rings. The van der Waals surface area contributed by atoms with Gasteiger partial charge in [0.2, 0.25) is 0 Å². The number of hydrogen-bond donors (Lipinski definition) is 1. The zero-order chi connectivity index (χ0) is 23.2. The van der Waals surface area contributed by atoms with Crippen LogP contribution in [0.3, 0.4) is 0 Å². The van der Waals surface area contributed by atoms with Gasteiger partial charge in [0.1, 0.15) is 11.7 Å². The molecule has 2 fully saturated rings. The summed E-state index contributed by atoms with van der Waals surface area (Å²) in [5.41, 5.74) is 3.04. The fourth-order valence-corrected chi connectivity index (χ4v) is 5.86. The normalized spacial score (nSPS) is 26.3. The van der Waals surface area contributed by atoms with E-state index in [0.29, 0.717) is 17.5 Å². The molecule has 0 radical (unpaired) electrons. The van der Waals surface area contributed by atoms with Crippen LogP contribution < -0.4 is 5.32 Å². The van der Waals surface area contributed by atoms with E-state index in [1.54, 1.807) is 0 Å². The number of aromatic nitrogens is 3. The van der Waals surface area contributed by atoms with E-state index in [1.807, 2.05) is 19.1 Å². The van der Waals surface area contributed by atoms with E-state index in [-0.39, 0.29) is 12.0 Å². The lowest BCUT2D eigenvalue weighted by molar-refractivity contribution is 0.133. The molecule has 0 bridgehead atoms. The van der Waals surface area contributed by atoms with Gasteiger partial charge in [-0.05, 0) is 61.6 Å². The number of benzene rings is 1. The van der Waals surface area contributed by atoms with E-state index in [0.717, 1.165) is 81.0 Å². The minimum absolute atomic E-state index is 0.0426. The van der Waals surface area contributed by atoms with Crippen LogP contribution in [0.1, 0.15) is 49.3 Å². The van der Waals surface area contributed by atoms with E-state index < -0.39 is 0 Å². The second-order valence-corrected chi connectivity index (χ2v) is 10.2. The summed E-state index contributed by atoms with van der Waals surface area (Å²) in [5, 5.41) is 13.3. The van der Waals surface area contributed by atoms with Crippen LogP contribution in [0.4, 0.5) is 4.39 Å². The molecule has 0 saturated carbocycles. The molecule has 1 aromatic heterocycles. The van der Waals surface area contributed by atoms with Gasteiger partial charge in [-0.25, -0.2) is 4.39 Å². The smallest absolute Gasteiger partial charge is 0.151 e. The van der Waals surface area contributed by atoms with Gasteiger partial charge < -0.3 is 10.1 Å². The average molecular weight is 485 g/mol. The molecule has 1 N–H and O–H groups in total. The zero-order valence-electron chi connectivity index (χ0n) is 19.4. The fourth-order valence-electron chi connectivity index (χ4n) is 5.67. The molecule has 7 nitrogen and oxygen atoms in total. The van der Waals surface area contributed by atoms with Crippen LogP contribution in [-0.4, -0.2) is 63.1 Å². The van der Waals surface area contributed by atoms with Gasteiger partial charge in [0.05, 0.1) is 25.0 Å². The number of nitrogens with zero attached hydrogens (tertiary/aromatic N) is 5. The van der Waals surface area contributed by atoms with Crippen molar-refractivity contribution in [2.75, 3.05) is 26.3 Å². The third-order valence-electron chi connectivity index (χ3n) is 7.63. The minimum Gasteiger partial charge on any atom is -0.380 e. The summed E-state index contributed by atoms with van der Waals surface area (Å²) in [6.45, 7) is 6.81. The molecule has 1 unspecified atom stereocenters. The SMILES string of the molecule is CC1=CC(N2CCC(c3nnc4n3-c3ccc(Cl)cc3CN([C@@H]3CCOC3)C4)CC2)NC=C1F. The number of nitrogens with one attached hydrogen (secondary N) is 1. The van der Waals surface area contributed by atoms with Gasteiger partial charge in [-0.2, -0.15) is 0 Å². The van der Waals surface area contributed by atoms with Crippen LogP contribution in [0.5, 0.6) is 0 Å². The highest BCUT2D eigenvalue weighted by Crippen LogP contribution is 2.35. The number of likely N-dealkylation sites (tertiary alicyclic amines) is 1. The number of allylic oxidation sites excluding steroid dienone is 2. The fraction of sp³-hybridized carbons (Fsp3) is 0.520. The molecule has 4 aliphatic rings. The van der Waals surface area contributed by atoms with Crippen molar-refractivity contribution in [2.24, 2.45) is 0 Å². The molecule has 6 rings (SSSR count).